The van der Waals surface area contributed by atoms with E-state index in [1.165, 1.54) is 40.3 Å². The summed E-state index contributed by atoms with van der Waals surface area (Å²) >= 11 is 0. The molecular formula is C28H33NO2. The largest absolute Gasteiger partial charge is 0.466 e. The molecule has 4 rings (SSSR count). The van der Waals surface area contributed by atoms with Gasteiger partial charge in [-0.3, -0.25) is 4.79 Å². The quantitative estimate of drug-likeness (QED) is 0.437. The Bertz CT molecular complexity index is 1020. The number of nitrogens with one attached hydrogen (secondary N) is 1. The predicted octanol–water partition coefficient (Wildman–Crippen LogP) is 6.32. The van der Waals surface area contributed by atoms with Gasteiger partial charge in [0.25, 0.3) is 0 Å². The first-order valence-corrected chi connectivity index (χ1v) is 11.6. The number of hydrogen-bond acceptors (Lipinski definition) is 3. The standard InChI is InChI=1S/C28H33NO2/c1-3-31-28(30)17-14-21-8-6-11-23(18-21)24-15-16-25(19-24)29-20(2)26-13-7-10-22-9-4-5-12-27(22)26/h4-13,18,20,24-25,29H,3,14-17,19H2,1-2H3. The fourth-order valence-corrected chi connectivity index (χ4v) is 4.99. The van der Waals surface area contributed by atoms with Crippen LogP contribution < -0.4 is 5.32 Å². The third-order valence-electron chi connectivity index (χ3n) is 6.55. The lowest BCUT2D eigenvalue weighted by molar-refractivity contribution is -0.143. The van der Waals surface area contributed by atoms with Crippen LogP contribution >= 0.6 is 0 Å². The van der Waals surface area contributed by atoms with Crippen LogP contribution in [0.2, 0.25) is 0 Å². The van der Waals surface area contributed by atoms with Gasteiger partial charge in [-0.15, -0.1) is 0 Å². The molecule has 3 nitrogen and oxygen atoms in total. The van der Waals surface area contributed by atoms with Crippen molar-refractivity contribution < 1.29 is 9.53 Å². The summed E-state index contributed by atoms with van der Waals surface area (Å²) in [5, 5.41) is 6.54. The van der Waals surface area contributed by atoms with Crippen LogP contribution in [0.4, 0.5) is 0 Å². The molecule has 0 heterocycles. The number of carbonyl (C=O) groups excluding carboxylic acids is 1. The molecule has 1 saturated carbocycles. The molecule has 0 saturated heterocycles. The van der Waals surface area contributed by atoms with Gasteiger partial charge in [-0.25, -0.2) is 0 Å². The molecule has 0 aromatic heterocycles. The van der Waals surface area contributed by atoms with Crippen molar-refractivity contribution in [3.63, 3.8) is 0 Å². The van der Waals surface area contributed by atoms with E-state index in [0.29, 0.717) is 31.0 Å². The Balaban J connectivity index is 1.37. The molecule has 0 radical (unpaired) electrons. The Labute approximate surface area is 185 Å². The number of benzene rings is 3. The van der Waals surface area contributed by atoms with Gasteiger partial charge in [-0.05, 0) is 72.9 Å². The monoisotopic (exact) mass is 415 g/mol. The summed E-state index contributed by atoms with van der Waals surface area (Å²) in [6, 6.07) is 24.9. The van der Waals surface area contributed by atoms with Crippen molar-refractivity contribution in [3.05, 3.63) is 83.4 Å². The minimum Gasteiger partial charge on any atom is -0.466 e. The maximum atomic E-state index is 11.7. The number of fused-ring (bicyclic) bond motifs is 1. The minimum atomic E-state index is -0.111. The highest BCUT2D eigenvalue weighted by molar-refractivity contribution is 5.86. The van der Waals surface area contributed by atoms with Crippen LogP contribution in [0.5, 0.6) is 0 Å². The van der Waals surface area contributed by atoms with Crippen LogP contribution in [0.25, 0.3) is 10.8 Å². The fourth-order valence-electron chi connectivity index (χ4n) is 4.99. The van der Waals surface area contributed by atoms with E-state index < -0.39 is 0 Å². The second-order valence-corrected chi connectivity index (χ2v) is 8.71. The lowest BCUT2D eigenvalue weighted by Crippen LogP contribution is -2.29. The molecule has 1 aliphatic carbocycles. The minimum absolute atomic E-state index is 0.111. The molecule has 3 aromatic carbocycles. The molecular weight excluding hydrogens is 382 g/mol. The zero-order valence-corrected chi connectivity index (χ0v) is 18.6. The van der Waals surface area contributed by atoms with Crippen LogP contribution in [-0.2, 0) is 16.0 Å². The van der Waals surface area contributed by atoms with Gasteiger partial charge in [0.05, 0.1) is 6.61 Å². The van der Waals surface area contributed by atoms with Crippen molar-refractivity contribution in [1.82, 2.24) is 5.32 Å². The highest BCUT2D eigenvalue weighted by Crippen LogP contribution is 2.36. The Morgan fingerprint density at radius 2 is 1.87 bits per heavy atom. The molecule has 0 spiro atoms. The SMILES string of the molecule is CCOC(=O)CCc1cccc(C2CCC(NC(C)c3cccc4ccccc34)C2)c1. The van der Waals surface area contributed by atoms with Gasteiger partial charge in [-0.1, -0.05) is 66.7 Å². The van der Waals surface area contributed by atoms with E-state index in [9.17, 15) is 4.79 Å². The van der Waals surface area contributed by atoms with E-state index in [1.54, 1.807) is 0 Å². The molecule has 1 N–H and O–H groups in total. The first kappa shape index (κ1) is 21.6. The van der Waals surface area contributed by atoms with Crippen molar-refractivity contribution in [2.45, 2.75) is 64.0 Å². The van der Waals surface area contributed by atoms with Gasteiger partial charge in [0.2, 0.25) is 0 Å². The summed E-state index contributed by atoms with van der Waals surface area (Å²) in [7, 11) is 0. The second-order valence-electron chi connectivity index (χ2n) is 8.71. The van der Waals surface area contributed by atoms with Crippen LogP contribution in [-0.4, -0.2) is 18.6 Å². The van der Waals surface area contributed by atoms with Crippen molar-refractivity contribution in [2.24, 2.45) is 0 Å². The van der Waals surface area contributed by atoms with Gasteiger partial charge < -0.3 is 10.1 Å². The Morgan fingerprint density at radius 3 is 2.74 bits per heavy atom. The third kappa shape index (κ3) is 5.34. The Hall–Kier alpha value is -2.65. The van der Waals surface area contributed by atoms with Gasteiger partial charge in [0, 0.05) is 18.5 Å². The number of ether oxygens (including phenoxy) is 1. The molecule has 0 amide bonds. The zero-order chi connectivity index (χ0) is 21.6. The lowest BCUT2D eigenvalue weighted by atomic mass is 9.94. The van der Waals surface area contributed by atoms with E-state index in [4.69, 9.17) is 4.74 Å². The summed E-state index contributed by atoms with van der Waals surface area (Å²) in [4.78, 5) is 11.7. The molecule has 3 atom stereocenters. The normalized spacial score (nSPS) is 19.4. The fraction of sp³-hybridized carbons (Fsp3) is 0.393. The Morgan fingerprint density at radius 1 is 1.06 bits per heavy atom. The molecule has 3 unspecified atom stereocenters. The number of rotatable bonds is 8. The first-order valence-electron chi connectivity index (χ1n) is 11.6. The molecule has 1 fully saturated rings. The van der Waals surface area contributed by atoms with Crippen LogP contribution in [0.3, 0.4) is 0 Å². The van der Waals surface area contributed by atoms with Gasteiger partial charge in [0.15, 0.2) is 0 Å². The van der Waals surface area contributed by atoms with Crippen LogP contribution in [0.15, 0.2) is 66.7 Å². The molecule has 0 bridgehead atoms. The summed E-state index contributed by atoms with van der Waals surface area (Å²) in [5.74, 6) is 0.472. The van der Waals surface area contributed by atoms with Crippen LogP contribution in [0.1, 0.15) is 68.2 Å². The summed E-state index contributed by atoms with van der Waals surface area (Å²) in [5.41, 5.74) is 4.01. The van der Waals surface area contributed by atoms with E-state index in [0.717, 1.165) is 12.8 Å². The summed E-state index contributed by atoms with van der Waals surface area (Å²) in [6.07, 6.45) is 4.78. The van der Waals surface area contributed by atoms with Crippen molar-refractivity contribution in [2.75, 3.05) is 6.61 Å². The topological polar surface area (TPSA) is 38.3 Å². The van der Waals surface area contributed by atoms with Crippen LogP contribution in [0, 0.1) is 0 Å². The molecule has 3 heteroatoms. The van der Waals surface area contributed by atoms with Gasteiger partial charge >= 0.3 is 5.97 Å². The van der Waals surface area contributed by atoms with Gasteiger partial charge in [-0.2, -0.15) is 0 Å². The summed E-state index contributed by atoms with van der Waals surface area (Å²) < 4.78 is 5.06. The van der Waals surface area contributed by atoms with E-state index in [1.807, 2.05) is 6.92 Å². The number of esters is 1. The van der Waals surface area contributed by atoms with E-state index in [-0.39, 0.29) is 5.97 Å². The molecule has 3 aromatic rings. The highest BCUT2D eigenvalue weighted by atomic mass is 16.5. The molecule has 1 aliphatic rings. The maximum absolute atomic E-state index is 11.7. The van der Waals surface area contributed by atoms with E-state index in [2.05, 4.69) is 79.0 Å². The predicted molar refractivity (Wildman–Crippen MR) is 127 cm³/mol. The van der Waals surface area contributed by atoms with Crippen molar-refractivity contribution in [3.8, 4) is 0 Å². The van der Waals surface area contributed by atoms with Gasteiger partial charge in [0.1, 0.15) is 0 Å². The molecule has 31 heavy (non-hydrogen) atoms. The number of carbonyl (C=O) groups is 1. The average molecular weight is 416 g/mol. The molecule has 162 valence electrons. The molecule has 0 aliphatic heterocycles. The average Bonchev–Trinajstić information content (AvgIpc) is 3.26. The van der Waals surface area contributed by atoms with Crippen molar-refractivity contribution in [1.29, 1.82) is 0 Å². The number of hydrogen-bond donors (Lipinski definition) is 1. The van der Waals surface area contributed by atoms with E-state index >= 15 is 0 Å². The zero-order valence-electron chi connectivity index (χ0n) is 18.6. The number of aryl methyl sites for hydroxylation is 1. The summed E-state index contributed by atoms with van der Waals surface area (Å²) in [6.45, 7) is 4.59. The third-order valence-corrected chi connectivity index (χ3v) is 6.55. The maximum Gasteiger partial charge on any atom is 0.306 e. The van der Waals surface area contributed by atoms with Crippen molar-refractivity contribution >= 4 is 16.7 Å². The Kier molecular flexibility index (Phi) is 7.03. The smallest absolute Gasteiger partial charge is 0.306 e. The highest BCUT2D eigenvalue weighted by Gasteiger charge is 2.27. The lowest BCUT2D eigenvalue weighted by Gasteiger charge is -2.22. The second kappa shape index (κ2) is 10.1. The first-order chi connectivity index (χ1) is 15.1.